The van der Waals surface area contributed by atoms with Crippen LogP contribution in [0.2, 0.25) is 0 Å². The molecule has 2 fully saturated rings. The van der Waals surface area contributed by atoms with Gasteiger partial charge in [0.15, 0.2) is 6.04 Å². The van der Waals surface area contributed by atoms with E-state index >= 15 is 0 Å². The number of halogens is 3. The standard InChI is InChI=1S/C25H33F3N6O5/c1-23(2,3)17(33-22(38)25(26,27)28)21(37)34-10-11-14(24(11,4)5)16(34)19(36)32-15(18(29)35)13-9-30-12-7-6-8-39-20(12)31-13/h9,11,14-17H,6-8,10H2,1-5H3,(H2,29,35)(H,32,36)(H,33,38)/t11-,14-,15?,16-,17?/m0/s1. The molecule has 1 aromatic rings. The Morgan fingerprint density at radius 3 is 2.44 bits per heavy atom. The summed E-state index contributed by atoms with van der Waals surface area (Å²) in [5, 5.41) is 4.38. The van der Waals surface area contributed by atoms with Crippen molar-refractivity contribution >= 4 is 23.6 Å². The predicted octanol–water partition coefficient (Wildman–Crippen LogP) is 1.02. The van der Waals surface area contributed by atoms with E-state index in [1.807, 2.05) is 13.8 Å². The third-order valence-corrected chi connectivity index (χ3v) is 7.90. The number of hydrogen-bond donors (Lipinski definition) is 3. The van der Waals surface area contributed by atoms with Crippen LogP contribution in [0.3, 0.4) is 0 Å². The van der Waals surface area contributed by atoms with Crippen molar-refractivity contribution < 1.29 is 37.1 Å². The summed E-state index contributed by atoms with van der Waals surface area (Å²) in [7, 11) is 0. The summed E-state index contributed by atoms with van der Waals surface area (Å²) < 4.78 is 44.6. The topological polar surface area (TPSA) is 157 Å². The molecule has 214 valence electrons. The smallest absolute Gasteiger partial charge is 0.471 e. The Morgan fingerprint density at radius 1 is 1.18 bits per heavy atom. The van der Waals surface area contributed by atoms with Crippen LogP contribution in [0.4, 0.5) is 13.2 Å². The maximum absolute atomic E-state index is 13.7. The molecular formula is C25H33F3N6O5. The Kier molecular flexibility index (Phi) is 7.05. The molecule has 3 heterocycles. The second-order valence-electron chi connectivity index (χ2n) is 12.0. The van der Waals surface area contributed by atoms with Gasteiger partial charge in [0.25, 0.3) is 0 Å². The quantitative estimate of drug-likeness (QED) is 0.474. The highest BCUT2D eigenvalue weighted by atomic mass is 19.4. The molecule has 4 N–H and O–H groups in total. The minimum absolute atomic E-state index is 0.0592. The highest BCUT2D eigenvalue weighted by molar-refractivity contribution is 5.96. The number of likely N-dealkylation sites (tertiary alicyclic amines) is 1. The molecule has 0 spiro atoms. The van der Waals surface area contributed by atoms with Crippen molar-refractivity contribution in [2.75, 3.05) is 13.2 Å². The van der Waals surface area contributed by atoms with Crippen LogP contribution in [0.5, 0.6) is 5.88 Å². The van der Waals surface area contributed by atoms with Gasteiger partial charge in [0.2, 0.25) is 23.6 Å². The van der Waals surface area contributed by atoms with E-state index in [-0.39, 0.29) is 35.4 Å². The first-order valence-corrected chi connectivity index (χ1v) is 12.7. The van der Waals surface area contributed by atoms with Gasteiger partial charge in [0, 0.05) is 6.54 Å². The van der Waals surface area contributed by atoms with Gasteiger partial charge in [-0.15, -0.1) is 0 Å². The summed E-state index contributed by atoms with van der Waals surface area (Å²) in [5.41, 5.74) is 4.83. The Bertz CT molecular complexity index is 1200. The molecule has 4 rings (SSSR count). The number of fused-ring (bicyclic) bond motifs is 2. The summed E-state index contributed by atoms with van der Waals surface area (Å²) in [6.45, 7) is 8.93. The normalized spacial score (nSPS) is 24.9. The fourth-order valence-electron chi connectivity index (χ4n) is 5.60. The first-order valence-electron chi connectivity index (χ1n) is 12.7. The highest BCUT2D eigenvalue weighted by Gasteiger charge is 2.70. The predicted molar refractivity (Wildman–Crippen MR) is 130 cm³/mol. The third-order valence-electron chi connectivity index (χ3n) is 7.90. The number of primary amides is 1. The molecule has 11 nitrogen and oxygen atoms in total. The van der Waals surface area contributed by atoms with Gasteiger partial charge in [-0.1, -0.05) is 34.6 Å². The second-order valence-corrected chi connectivity index (χ2v) is 12.0. The molecular weight excluding hydrogens is 521 g/mol. The van der Waals surface area contributed by atoms with Gasteiger partial charge in [-0.3, -0.25) is 24.2 Å². The summed E-state index contributed by atoms with van der Waals surface area (Å²) in [4.78, 5) is 61.2. The van der Waals surface area contributed by atoms with E-state index in [0.29, 0.717) is 18.7 Å². The average Bonchev–Trinajstić information content (AvgIpc) is 3.16. The van der Waals surface area contributed by atoms with Crippen molar-refractivity contribution in [1.29, 1.82) is 0 Å². The monoisotopic (exact) mass is 554 g/mol. The van der Waals surface area contributed by atoms with Crippen LogP contribution < -0.4 is 21.1 Å². The molecule has 1 saturated heterocycles. The maximum atomic E-state index is 13.7. The van der Waals surface area contributed by atoms with Crippen LogP contribution in [0.25, 0.3) is 0 Å². The first kappa shape index (κ1) is 28.6. The van der Waals surface area contributed by atoms with Crippen LogP contribution in [0, 0.1) is 22.7 Å². The molecule has 1 aromatic heterocycles. The fourth-order valence-corrected chi connectivity index (χ4v) is 5.60. The van der Waals surface area contributed by atoms with Gasteiger partial charge in [0.05, 0.1) is 18.5 Å². The zero-order valence-corrected chi connectivity index (χ0v) is 22.4. The fraction of sp³-hybridized carbons (Fsp3) is 0.680. The molecule has 1 aliphatic carbocycles. The SMILES string of the molecule is CC(C)(C)C(NC(=O)C(F)(F)F)C(=O)N1C[C@H]2[C@@H]([C@H]1C(=O)NC(C(N)=O)c1cnc3c(n1)OCCC3)C2(C)C. The average molecular weight is 555 g/mol. The van der Waals surface area contributed by atoms with Crippen LogP contribution in [0.15, 0.2) is 6.20 Å². The van der Waals surface area contributed by atoms with Gasteiger partial charge >= 0.3 is 12.1 Å². The molecule has 5 atom stereocenters. The number of nitrogens with one attached hydrogen (secondary N) is 2. The van der Waals surface area contributed by atoms with E-state index in [4.69, 9.17) is 10.5 Å². The van der Waals surface area contributed by atoms with Crippen LogP contribution >= 0.6 is 0 Å². The van der Waals surface area contributed by atoms with E-state index in [2.05, 4.69) is 15.3 Å². The van der Waals surface area contributed by atoms with Gasteiger partial charge in [-0.2, -0.15) is 13.2 Å². The number of aromatic nitrogens is 2. The first-order chi connectivity index (χ1) is 17.9. The van der Waals surface area contributed by atoms with Crippen molar-refractivity contribution in [3.63, 3.8) is 0 Å². The molecule has 2 aliphatic heterocycles. The molecule has 39 heavy (non-hydrogen) atoms. The van der Waals surface area contributed by atoms with Crippen molar-refractivity contribution in [3.8, 4) is 5.88 Å². The minimum Gasteiger partial charge on any atom is -0.476 e. The number of amides is 4. The number of alkyl halides is 3. The number of rotatable bonds is 6. The number of nitrogens with two attached hydrogens (primary N) is 1. The summed E-state index contributed by atoms with van der Waals surface area (Å²) in [5.74, 6) is -4.86. The van der Waals surface area contributed by atoms with Gasteiger partial charge < -0.3 is 26.0 Å². The highest BCUT2D eigenvalue weighted by Crippen LogP contribution is 2.65. The molecule has 0 radical (unpaired) electrons. The maximum Gasteiger partial charge on any atom is 0.471 e. The lowest BCUT2D eigenvalue weighted by Gasteiger charge is -2.38. The van der Waals surface area contributed by atoms with Crippen molar-refractivity contribution in [1.82, 2.24) is 25.5 Å². The molecule has 3 aliphatic rings. The number of aryl methyl sites for hydroxylation is 1. The third kappa shape index (κ3) is 5.37. The number of carbonyl (C=O) groups excluding carboxylic acids is 4. The van der Waals surface area contributed by atoms with Gasteiger partial charge in [0.1, 0.15) is 17.8 Å². The Balaban J connectivity index is 1.61. The number of ether oxygens (including phenoxy) is 1. The van der Waals surface area contributed by atoms with E-state index in [0.717, 1.165) is 6.42 Å². The van der Waals surface area contributed by atoms with Crippen molar-refractivity contribution in [3.05, 3.63) is 17.6 Å². The Morgan fingerprint density at radius 2 is 1.85 bits per heavy atom. The Labute approximate surface area is 223 Å². The summed E-state index contributed by atoms with van der Waals surface area (Å²) in [6.07, 6.45) is -2.45. The number of hydrogen-bond acceptors (Lipinski definition) is 7. The molecule has 2 unspecified atom stereocenters. The van der Waals surface area contributed by atoms with Gasteiger partial charge in [-0.25, -0.2) is 4.98 Å². The number of carbonyl (C=O) groups is 4. The largest absolute Gasteiger partial charge is 0.476 e. The van der Waals surface area contributed by atoms with E-state index < -0.39 is 53.3 Å². The number of piperidine rings is 1. The van der Waals surface area contributed by atoms with Crippen LogP contribution in [0.1, 0.15) is 58.5 Å². The van der Waals surface area contributed by atoms with Gasteiger partial charge in [-0.05, 0) is 35.5 Å². The molecule has 4 amide bonds. The minimum atomic E-state index is -5.19. The number of nitrogens with zero attached hydrogens (tertiary/aromatic N) is 3. The van der Waals surface area contributed by atoms with Crippen molar-refractivity contribution in [2.24, 2.45) is 28.4 Å². The van der Waals surface area contributed by atoms with E-state index in [1.165, 1.54) is 31.9 Å². The Hall–Kier alpha value is -3.45. The van der Waals surface area contributed by atoms with E-state index in [1.54, 1.807) is 5.32 Å². The molecule has 14 heteroatoms. The van der Waals surface area contributed by atoms with E-state index in [9.17, 15) is 32.3 Å². The lowest BCUT2D eigenvalue weighted by atomic mass is 9.85. The zero-order valence-electron chi connectivity index (χ0n) is 22.4. The molecule has 0 aromatic carbocycles. The van der Waals surface area contributed by atoms with Crippen LogP contribution in [-0.2, 0) is 25.6 Å². The lowest BCUT2D eigenvalue weighted by Crippen LogP contribution is -2.61. The molecule has 1 saturated carbocycles. The summed E-state index contributed by atoms with van der Waals surface area (Å²) >= 11 is 0. The van der Waals surface area contributed by atoms with Crippen LogP contribution in [-0.4, -0.2) is 69.9 Å². The zero-order chi connectivity index (χ0) is 29.1. The second kappa shape index (κ2) is 9.63. The van der Waals surface area contributed by atoms with Crippen molar-refractivity contribution in [2.45, 2.75) is 71.8 Å². The molecule has 0 bridgehead atoms. The summed E-state index contributed by atoms with van der Waals surface area (Å²) in [6, 6.07) is -4.05. The lowest BCUT2D eigenvalue weighted by molar-refractivity contribution is -0.176.